The van der Waals surface area contributed by atoms with E-state index >= 15 is 0 Å². The van der Waals surface area contributed by atoms with E-state index in [2.05, 4.69) is 0 Å². The maximum atomic E-state index is 12.6. The number of rotatable bonds is 6. The molecule has 0 bridgehead atoms. The lowest BCUT2D eigenvalue weighted by Gasteiger charge is -2.37. The maximum absolute atomic E-state index is 12.6. The number of carbonyl (C=O) groups is 2. The van der Waals surface area contributed by atoms with Gasteiger partial charge in [0.25, 0.3) is 5.91 Å². The molecule has 2 aliphatic heterocycles. The predicted molar refractivity (Wildman–Crippen MR) is 89.9 cm³/mol. The third-order valence-electron chi connectivity index (χ3n) is 4.50. The summed E-state index contributed by atoms with van der Waals surface area (Å²) in [5.41, 5.74) is 5.98. The third-order valence-corrected chi connectivity index (χ3v) is 4.50. The maximum Gasteiger partial charge on any atom is 0.260 e. The van der Waals surface area contributed by atoms with Crippen molar-refractivity contribution in [1.82, 2.24) is 4.90 Å². The average Bonchev–Trinajstić information content (AvgIpc) is 3.15. The first-order valence-electron chi connectivity index (χ1n) is 8.66. The first-order chi connectivity index (χ1) is 12.1. The quantitative estimate of drug-likeness (QED) is 0.823. The van der Waals surface area contributed by atoms with E-state index in [0.717, 1.165) is 24.8 Å². The molecule has 25 heavy (non-hydrogen) atoms. The van der Waals surface area contributed by atoms with Gasteiger partial charge in [-0.1, -0.05) is 12.1 Å². The molecule has 7 heteroatoms. The van der Waals surface area contributed by atoms with Gasteiger partial charge in [-0.15, -0.1) is 0 Å². The number of hydrogen-bond donors (Lipinski definition) is 1. The van der Waals surface area contributed by atoms with Crippen molar-refractivity contribution < 1.29 is 23.8 Å². The summed E-state index contributed by atoms with van der Waals surface area (Å²) in [7, 11) is 0. The molecule has 3 rings (SSSR count). The Morgan fingerprint density at radius 2 is 1.88 bits per heavy atom. The molecule has 2 N–H and O–H groups in total. The molecule has 136 valence electrons. The van der Waals surface area contributed by atoms with Gasteiger partial charge in [0.05, 0.1) is 25.7 Å². The van der Waals surface area contributed by atoms with Crippen molar-refractivity contribution in [3.63, 3.8) is 0 Å². The highest BCUT2D eigenvalue weighted by atomic mass is 16.7. The normalized spacial score (nSPS) is 21.3. The fourth-order valence-corrected chi connectivity index (χ4v) is 3.28. The Balaban J connectivity index is 1.54. The molecule has 2 fully saturated rings. The fraction of sp³-hybridized carbons (Fsp3) is 0.556. The number of benzene rings is 1. The van der Waals surface area contributed by atoms with E-state index in [9.17, 15) is 9.59 Å². The molecule has 1 unspecified atom stereocenters. The Hall–Kier alpha value is -2.12. The van der Waals surface area contributed by atoms with Gasteiger partial charge in [0.1, 0.15) is 5.75 Å². The highest BCUT2D eigenvalue weighted by Gasteiger charge is 2.36. The van der Waals surface area contributed by atoms with Crippen molar-refractivity contribution in [3.05, 3.63) is 29.8 Å². The van der Waals surface area contributed by atoms with Crippen LogP contribution in [0.3, 0.4) is 0 Å². The van der Waals surface area contributed by atoms with E-state index in [1.165, 1.54) is 0 Å². The SMILES string of the molecule is NC(=O)Cc1ccc(OCC(=O)N2CCCCC2C2OCCO2)cc1. The summed E-state index contributed by atoms with van der Waals surface area (Å²) >= 11 is 0. The third kappa shape index (κ3) is 4.70. The fourth-order valence-electron chi connectivity index (χ4n) is 3.28. The second kappa shape index (κ2) is 8.31. The second-order valence-electron chi connectivity index (χ2n) is 6.34. The summed E-state index contributed by atoms with van der Waals surface area (Å²) in [4.78, 5) is 25.3. The van der Waals surface area contributed by atoms with E-state index in [4.69, 9.17) is 19.9 Å². The Labute approximate surface area is 147 Å². The first kappa shape index (κ1) is 17.7. The molecular formula is C18H24N2O5. The summed E-state index contributed by atoms with van der Waals surface area (Å²) in [6.45, 7) is 1.83. The zero-order valence-corrected chi connectivity index (χ0v) is 14.2. The molecule has 1 atom stereocenters. The minimum atomic E-state index is -0.378. The number of nitrogens with zero attached hydrogens (tertiary/aromatic N) is 1. The molecule has 2 heterocycles. The van der Waals surface area contributed by atoms with Gasteiger partial charge in [0, 0.05) is 6.54 Å². The summed E-state index contributed by atoms with van der Waals surface area (Å²) in [6, 6.07) is 6.98. The topological polar surface area (TPSA) is 91.1 Å². The van der Waals surface area contributed by atoms with Crippen LogP contribution in [0.4, 0.5) is 0 Å². The Kier molecular flexibility index (Phi) is 5.88. The molecule has 2 amide bonds. The average molecular weight is 348 g/mol. The van der Waals surface area contributed by atoms with Gasteiger partial charge in [-0.3, -0.25) is 9.59 Å². The second-order valence-corrected chi connectivity index (χ2v) is 6.34. The highest BCUT2D eigenvalue weighted by Crippen LogP contribution is 2.24. The molecule has 7 nitrogen and oxygen atoms in total. The molecule has 1 aromatic rings. The monoisotopic (exact) mass is 348 g/mol. The van der Waals surface area contributed by atoms with Crippen LogP contribution in [0.15, 0.2) is 24.3 Å². The lowest BCUT2D eigenvalue weighted by molar-refractivity contribution is -0.152. The summed E-state index contributed by atoms with van der Waals surface area (Å²) < 4.78 is 16.8. The van der Waals surface area contributed by atoms with Crippen LogP contribution in [-0.2, 0) is 25.5 Å². The van der Waals surface area contributed by atoms with Gasteiger partial charge in [0.15, 0.2) is 12.9 Å². The zero-order chi connectivity index (χ0) is 17.6. The molecule has 0 saturated carbocycles. The summed E-state index contributed by atoms with van der Waals surface area (Å²) in [5, 5.41) is 0. The van der Waals surface area contributed by atoms with Crippen LogP contribution in [-0.4, -0.2) is 55.4 Å². The van der Waals surface area contributed by atoms with Gasteiger partial charge in [-0.05, 0) is 37.0 Å². The van der Waals surface area contributed by atoms with Crippen molar-refractivity contribution in [2.75, 3.05) is 26.4 Å². The number of nitrogens with two attached hydrogens (primary N) is 1. The molecule has 0 spiro atoms. The molecule has 0 radical (unpaired) electrons. The minimum Gasteiger partial charge on any atom is -0.484 e. The van der Waals surface area contributed by atoms with Crippen LogP contribution < -0.4 is 10.5 Å². The van der Waals surface area contributed by atoms with Crippen molar-refractivity contribution in [1.29, 1.82) is 0 Å². The summed E-state index contributed by atoms with van der Waals surface area (Å²) in [6.07, 6.45) is 2.81. The van der Waals surface area contributed by atoms with Gasteiger partial charge in [-0.25, -0.2) is 0 Å². The predicted octanol–water partition coefficient (Wildman–Crippen LogP) is 0.847. The number of piperidine rings is 1. The number of hydrogen-bond acceptors (Lipinski definition) is 5. The van der Waals surface area contributed by atoms with Crippen molar-refractivity contribution in [2.45, 2.75) is 38.0 Å². The van der Waals surface area contributed by atoms with Crippen molar-refractivity contribution in [3.8, 4) is 5.75 Å². The Bertz CT molecular complexity index is 598. The van der Waals surface area contributed by atoms with E-state index in [1.807, 2.05) is 4.90 Å². The van der Waals surface area contributed by atoms with Gasteiger partial charge >= 0.3 is 0 Å². The Morgan fingerprint density at radius 3 is 2.56 bits per heavy atom. The number of carbonyl (C=O) groups excluding carboxylic acids is 2. The van der Waals surface area contributed by atoms with Crippen molar-refractivity contribution in [2.24, 2.45) is 5.73 Å². The van der Waals surface area contributed by atoms with E-state index in [1.54, 1.807) is 24.3 Å². The van der Waals surface area contributed by atoms with Crippen LogP contribution in [0, 0.1) is 0 Å². The van der Waals surface area contributed by atoms with Crippen LogP contribution in [0.5, 0.6) is 5.75 Å². The van der Waals surface area contributed by atoms with E-state index in [0.29, 0.717) is 25.5 Å². The lowest BCUT2D eigenvalue weighted by atomic mass is 10.0. The van der Waals surface area contributed by atoms with Crippen LogP contribution >= 0.6 is 0 Å². The minimum absolute atomic E-state index is 0.0294. The Morgan fingerprint density at radius 1 is 1.16 bits per heavy atom. The first-order valence-corrected chi connectivity index (χ1v) is 8.66. The number of primary amides is 1. The highest BCUT2D eigenvalue weighted by molar-refractivity contribution is 5.78. The molecule has 1 aromatic carbocycles. The molecule has 2 aliphatic rings. The molecular weight excluding hydrogens is 324 g/mol. The number of amides is 2. The van der Waals surface area contributed by atoms with Gasteiger partial charge in [-0.2, -0.15) is 0 Å². The van der Waals surface area contributed by atoms with E-state index < -0.39 is 0 Å². The summed E-state index contributed by atoms with van der Waals surface area (Å²) in [5.74, 6) is 0.143. The van der Waals surface area contributed by atoms with Crippen molar-refractivity contribution >= 4 is 11.8 Å². The van der Waals surface area contributed by atoms with Gasteiger partial charge in [0.2, 0.25) is 5.91 Å². The molecule has 2 saturated heterocycles. The molecule has 0 aliphatic carbocycles. The van der Waals surface area contributed by atoms with Crippen LogP contribution in [0.25, 0.3) is 0 Å². The lowest BCUT2D eigenvalue weighted by Crippen LogP contribution is -2.51. The molecule has 0 aromatic heterocycles. The van der Waals surface area contributed by atoms with Crippen LogP contribution in [0.2, 0.25) is 0 Å². The van der Waals surface area contributed by atoms with Crippen LogP contribution in [0.1, 0.15) is 24.8 Å². The largest absolute Gasteiger partial charge is 0.484 e. The number of likely N-dealkylation sites (tertiary alicyclic amines) is 1. The van der Waals surface area contributed by atoms with Gasteiger partial charge < -0.3 is 24.8 Å². The smallest absolute Gasteiger partial charge is 0.260 e. The van der Waals surface area contributed by atoms with E-state index in [-0.39, 0.29) is 37.2 Å². The zero-order valence-electron chi connectivity index (χ0n) is 14.2. The number of ether oxygens (including phenoxy) is 3. The standard InChI is InChI=1S/C18H24N2O5/c19-16(21)11-13-4-6-14(7-5-13)25-12-17(22)20-8-2-1-3-15(20)18-23-9-10-24-18/h4-7,15,18H,1-3,8-12H2,(H2,19,21).